The van der Waals surface area contributed by atoms with E-state index in [1.165, 1.54) is 4.90 Å². The Morgan fingerprint density at radius 1 is 0.781 bits per heavy atom. The van der Waals surface area contributed by atoms with Crippen LogP contribution < -0.4 is 5.32 Å². The van der Waals surface area contributed by atoms with Gasteiger partial charge in [0.05, 0.1) is 6.04 Å². The third-order valence-electron chi connectivity index (χ3n) is 5.85. The molecule has 164 valence electrons. The predicted molar refractivity (Wildman–Crippen MR) is 121 cm³/mol. The first kappa shape index (κ1) is 21.7. The van der Waals surface area contributed by atoms with Crippen molar-refractivity contribution in [1.29, 1.82) is 0 Å². The predicted octanol–water partition coefficient (Wildman–Crippen LogP) is 2.80. The minimum atomic E-state index is -1.85. The van der Waals surface area contributed by atoms with Crippen molar-refractivity contribution in [2.45, 2.75) is 38.3 Å². The molecule has 1 aliphatic heterocycles. The first-order valence-corrected chi connectivity index (χ1v) is 10.6. The number of nitrogens with one attached hydrogen (secondary N) is 1. The Labute approximate surface area is 187 Å². The van der Waals surface area contributed by atoms with Crippen molar-refractivity contribution in [2.75, 3.05) is 0 Å². The van der Waals surface area contributed by atoms with Gasteiger partial charge in [-0.3, -0.25) is 9.59 Å². The summed E-state index contributed by atoms with van der Waals surface area (Å²) in [5.41, 5.74) is 5.00. The Bertz CT molecular complexity index is 1070. The fourth-order valence-corrected chi connectivity index (χ4v) is 3.93. The minimum Gasteiger partial charge on any atom is -0.380 e. The number of carbonyl (C=O) groups excluding carboxylic acids is 2. The van der Waals surface area contributed by atoms with Crippen LogP contribution in [0.25, 0.3) is 11.1 Å². The Morgan fingerprint density at radius 2 is 1.31 bits per heavy atom. The van der Waals surface area contributed by atoms with Crippen molar-refractivity contribution in [3.05, 3.63) is 95.6 Å². The largest absolute Gasteiger partial charge is 0.380 e. The Kier molecular flexibility index (Phi) is 6.35. The van der Waals surface area contributed by atoms with Gasteiger partial charge in [-0.2, -0.15) is 0 Å². The molecule has 3 atom stereocenters. The molecule has 1 heterocycles. The van der Waals surface area contributed by atoms with Gasteiger partial charge in [0.2, 0.25) is 0 Å². The fraction of sp³-hybridized carbons (Fsp3) is 0.231. The summed E-state index contributed by atoms with van der Waals surface area (Å²) in [5, 5.41) is 23.3. The fourth-order valence-electron chi connectivity index (χ4n) is 3.93. The van der Waals surface area contributed by atoms with Gasteiger partial charge in [-0.25, -0.2) is 0 Å². The lowest BCUT2D eigenvalue weighted by atomic mass is 10.0. The van der Waals surface area contributed by atoms with Crippen LogP contribution in [0, 0.1) is 0 Å². The van der Waals surface area contributed by atoms with Crippen LogP contribution in [-0.2, 0) is 22.7 Å². The number of hydrogen-bond acceptors (Lipinski definition) is 4. The molecule has 0 radical (unpaired) electrons. The number of hydrogen-bond donors (Lipinski definition) is 3. The monoisotopic (exact) mass is 430 g/mol. The molecule has 3 aromatic carbocycles. The van der Waals surface area contributed by atoms with Crippen molar-refractivity contribution in [3.8, 4) is 11.1 Å². The van der Waals surface area contributed by atoms with E-state index in [0.717, 1.165) is 27.8 Å². The van der Waals surface area contributed by atoms with Gasteiger partial charge in [0, 0.05) is 13.1 Å². The number of carbonyl (C=O) groups is 2. The lowest BCUT2D eigenvalue weighted by Gasteiger charge is -2.24. The molecule has 1 aliphatic rings. The first-order valence-electron chi connectivity index (χ1n) is 10.6. The topological polar surface area (TPSA) is 89.9 Å². The minimum absolute atomic E-state index is 0.352. The lowest BCUT2D eigenvalue weighted by Crippen LogP contribution is -2.50. The van der Waals surface area contributed by atoms with Gasteiger partial charge in [0.1, 0.15) is 0 Å². The van der Waals surface area contributed by atoms with Gasteiger partial charge in [0.25, 0.3) is 11.8 Å². The van der Waals surface area contributed by atoms with Crippen LogP contribution in [0.5, 0.6) is 0 Å². The molecule has 0 aliphatic carbocycles. The maximum Gasteiger partial charge on any atom is 0.255 e. The van der Waals surface area contributed by atoms with Gasteiger partial charge in [-0.05, 0) is 34.7 Å². The van der Waals surface area contributed by atoms with Crippen LogP contribution in [0.4, 0.5) is 0 Å². The SMILES string of the molecule is C[C@H](NC(=O)[C@H](O)[C@@H](O)C(=O)N1Cc2ccccc2C1)c1ccc(-c2ccccc2)cc1. The van der Waals surface area contributed by atoms with E-state index in [1.807, 2.05) is 78.9 Å². The normalized spacial score (nSPS) is 15.5. The molecule has 6 heteroatoms. The quantitative estimate of drug-likeness (QED) is 0.561. The van der Waals surface area contributed by atoms with Crippen LogP contribution in [-0.4, -0.2) is 39.1 Å². The second-order valence-corrected chi connectivity index (χ2v) is 8.07. The second kappa shape index (κ2) is 9.34. The molecule has 4 rings (SSSR count). The van der Waals surface area contributed by atoms with Crippen molar-refractivity contribution < 1.29 is 19.8 Å². The molecular formula is C26H26N2O4. The number of fused-ring (bicyclic) bond motifs is 1. The van der Waals surface area contributed by atoms with Gasteiger partial charge >= 0.3 is 0 Å². The molecular weight excluding hydrogens is 404 g/mol. The number of amides is 2. The highest BCUT2D eigenvalue weighted by Crippen LogP contribution is 2.24. The van der Waals surface area contributed by atoms with Gasteiger partial charge in [-0.1, -0.05) is 78.9 Å². The highest BCUT2D eigenvalue weighted by molar-refractivity contribution is 5.91. The number of nitrogens with zero attached hydrogens (tertiary/aromatic N) is 1. The summed E-state index contributed by atoms with van der Waals surface area (Å²) in [6, 6.07) is 24.9. The van der Waals surface area contributed by atoms with Gasteiger partial charge in [-0.15, -0.1) is 0 Å². The van der Waals surface area contributed by atoms with Gasteiger partial charge in [0.15, 0.2) is 12.2 Å². The molecule has 3 N–H and O–H groups in total. The summed E-state index contributed by atoms with van der Waals surface area (Å²) in [7, 11) is 0. The van der Waals surface area contributed by atoms with Crippen molar-refractivity contribution in [2.24, 2.45) is 0 Å². The Morgan fingerprint density at radius 3 is 1.91 bits per heavy atom. The summed E-state index contributed by atoms with van der Waals surface area (Å²) in [6.45, 7) is 2.49. The highest BCUT2D eigenvalue weighted by Gasteiger charge is 2.35. The summed E-state index contributed by atoms with van der Waals surface area (Å²) in [6.07, 6.45) is -3.67. The van der Waals surface area contributed by atoms with Crippen LogP contribution in [0.1, 0.15) is 29.7 Å². The summed E-state index contributed by atoms with van der Waals surface area (Å²) in [4.78, 5) is 26.6. The van der Waals surface area contributed by atoms with Crippen molar-refractivity contribution in [3.63, 3.8) is 0 Å². The van der Waals surface area contributed by atoms with Crippen LogP contribution in [0.3, 0.4) is 0 Å². The maximum atomic E-state index is 12.6. The van der Waals surface area contributed by atoms with Crippen LogP contribution >= 0.6 is 0 Å². The van der Waals surface area contributed by atoms with Crippen molar-refractivity contribution in [1.82, 2.24) is 10.2 Å². The molecule has 0 fully saturated rings. The zero-order valence-corrected chi connectivity index (χ0v) is 17.8. The second-order valence-electron chi connectivity index (χ2n) is 8.07. The Balaban J connectivity index is 1.35. The van der Waals surface area contributed by atoms with E-state index < -0.39 is 30.1 Å². The molecule has 2 amide bonds. The van der Waals surface area contributed by atoms with Crippen LogP contribution in [0.15, 0.2) is 78.9 Å². The molecule has 0 bridgehead atoms. The van der Waals surface area contributed by atoms with E-state index in [2.05, 4.69) is 5.32 Å². The summed E-state index contributed by atoms with van der Waals surface area (Å²) in [5.74, 6) is -1.45. The first-order chi connectivity index (χ1) is 15.4. The average Bonchev–Trinajstić information content (AvgIpc) is 3.27. The van der Waals surface area contributed by atoms with E-state index in [1.54, 1.807) is 6.92 Å². The zero-order chi connectivity index (χ0) is 22.7. The summed E-state index contributed by atoms with van der Waals surface area (Å²) < 4.78 is 0. The highest BCUT2D eigenvalue weighted by atomic mass is 16.3. The van der Waals surface area contributed by atoms with E-state index >= 15 is 0 Å². The van der Waals surface area contributed by atoms with E-state index in [0.29, 0.717) is 13.1 Å². The third kappa shape index (κ3) is 4.56. The molecule has 3 aromatic rings. The van der Waals surface area contributed by atoms with E-state index in [4.69, 9.17) is 0 Å². The molecule has 0 saturated heterocycles. The number of benzene rings is 3. The molecule has 0 saturated carbocycles. The van der Waals surface area contributed by atoms with Gasteiger partial charge < -0.3 is 20.4 Å². The number of aliphatic hydroxyl groups excluding tert-OH is 2. The number of aliphatic hydroxyl groups is 2. The average molecular weight is 431 g/mol. The smallest absolute Gasteiger partial charge is 0.255 e. The van der Waals surface area contributed by atoms with E-state index in [9.17, 15) is 19.8 Å². The number of rotatable bonds is 6. The Hall–Kier alpha value is -3.48. The third-order valence-corrected chi connectivity index (χ3v) is 5.85. The van der Waals surface area contributed by atoms with Crippen LogP contribution in [0.2, 0.25) is 0 Å². The summed E-state index contributed by atoms with van der Waals surface area (Å²) >= 11 is 0. The standard InChI is InChI=1S/C26H26N2O4/c1-17(18-11-13-20(14-12-18)19-7-3-2-4-8-19)27-25(31)23(29)24(30)26(32)28-15-21-9-5-6-10-22(21)16-28/h2-14,17,23-24,29-30H,15-16H2,1H3,(H,27,31)/t17-,23+,24+/m0/s1. The lowest BCUT2D eigenvalue weighted by molar-refractivity contribution is -0.153. The van der Waals surface area contributed by atoms with Crippen molar-refractivity contribution >= 4 is 11.8 Å². The maximum absolute atomic E-state index is 12.6. The van der Waals surface area contributed by atoms with E-state index in [-0.39, 0.29) is 0 Å². The molecule has 0 spiro atoms. The molecule has 0 aromatic heterocycles. The molecule has 6 nitrogen and oxygen atoms in total. The molecule has 0 unspecified atom stereocenters. The molecule has 32 heavy (non-hydrogen) atoms. The zero-order valence-electron chi connectivity index (χ0n) is 17.8.